The average Bonchev–Trinajstić information content (AvgIpc) is 2.66. The van der Waals surface area contributed by atoms with Crippen LogP contribution in [-0.2, 0) is 12.8 Å². The van der Waals surface area contributed by atoms with Crippen molar-refractivity contribution in [2.75, 3.05) is 11.9 Å². The predicted molar refractivity (Wildman–Crippen MR) is 99.9 cm³/mol. The molecular formula is C20H23N3O2. The molecule has 0 unspecified atom stereocenters. The van der Waals surface area contributed by atoms with Gasteiger partial charge in [0.05, 0.1) is 0 Å². The Balaban J connectivity index is 2.25. The van der Waals surface area contributed by atoms with Crippen LogP contribution in [0.4, 0.5) is 5.69 Å². The van der Waals surface area contributed by atoms with Crippen molar-refractivity contribution in [1.29, 1.82) is 0 Å². The monoisotopic (exact) mass is 337 g/mol. The molecule has 2 rings (SSSR count). The number of carbonyl (C=O) groups excluding carboxylic acids is 2. The molecular weight excluding hydrogens is 314 g/mol. The van der Waals surface area contributed by atoms with Crippen LogP contribution < -0.4 is 10.6 Å². The minimum Gasteiger partial charge on any atom is -0.347 e. The summed E-state index contributed by atoms with van der Waals surface area (Å²) in [5.74, 6) is -0.589. The molecule has 25 heavy (non-hydrogen) atoms. The van der Waals surface area contributed by atoms with Gasteiger partial charge in [0.15, 0.2) is 0 Å². The molecule has 1 aromatic carbocycles. The molecule has 5 heteroatoms. The number of aromatic nitrogens is 1. The van der Waals surface area contributed by atoms with Crippen LogP contribution in [0.15, 0.2) is 49.2 Å². The average molecular weight is 337 g/mol. The van der Waals surface area contributed by atoms with E-state index in [4.69, 9.17) is 0 Å². The Morgan fingerprint density at radius 3 is 2.40 bits per heavy atom. The molecule has 0 radical (unpaired) electrons. The number of aryl methyl sites for hydroxylation is 2. The smallest absolute Gasteiger partial charge is 0.270 e. The van der Waals surface area contributed by atoms with Crippen LogP contribution in [0.2, 0.25) is 0 Å². The van der Waals surface area contributed by atoms with Gasteiger partial charge in [-0.1, -0.05) is 38.1 Å². The zero-order valence-electron chi connectivity index (χ0n) is 14.6. The van der Waals surface area contributed by atoms with Gasteiger partial charge >= 0.3 is 0 Å². The Kier molecular flexibility index (Phi) is 6.46. The van der Waals surface area contributed by atoms with Crippen LogP contribution in [0.25, 0.3) is 0 Å². The Bertz CT molecular complexity index is 762. The van der Waals surface area contributed by atoms with Gasteiger partial charge in [-0.3, -0.25) is 14.6 Å². The molecule has 0 aliphatic rings. The summed E-state index contributed by atoms with van der Waals surface area (Å²) in [5.41, 5.74) is 3.63. The summed E-state index contributed by atoms with van der Waals surface area (Å²) >= 11 is 0. The number of para-hydroxylation sites is 1. The molecule has 0 saturated carbocycles. The number of amides is 2. The van der Waals surface area contributed by atoms with E-state index in [1.54, 1.807) is 12.1 Å². The van der Waals surface area contributed by atoms with Crippen molar-refractivity contribution in [3.8, 4) is 0 Å². The quantitative estimate of drug-likeness (QED) is 0.761. The zero-order valence-corrected chi connectivity index (χ0v) is 14.6. The van der Waals surface area contributed by atoms with E-state index in [0.29, 0.717) is 12.1 Å². The molecule has 0 aliphatic carbocycles. The molecule has 0 fully saturated rings. The first-order valence-electron chi connectivity index (χ1n) is 8.37. The molecule has 0 spiro atoms. The number of anilines is 1. The number of nitrogens with one attached hydrogen (secondary N) is 2. The first-order valence-corrected chi connectivity index (χ1v) is 8.37. The van der Waals surface area contributed by atoms with Crippen molar-refractivity contribution in [3.63, 3.8) is 0 Å². The number of carbonyl (C=O) groups is 2. The van der Waals surface area contributed by atoms with Crippen LogP contribution in [0.3, 0.4) is 0 Å². The van der Waals surface area contributed by atoms with Crippen LogP contribution in [0.1, 0.15) is 45.8 Å². The highest BCUT2D eigenvalue weighted by Crippen LogP contribution is 2.23. The summed E-state index contributed by atoms with van der Waals surface area (Å²) < 4.78 is 0. The first-order chi connectivity index (χ1) is 12.1. The lowest BCUT2D eigenvalue weighted by atomic mass is 10.0. The lowest BCUT2D eigenvalue weighted by Crippen LogP contribution is -2.25. The van der Waals surface area contributed by atoms with Crippen LogP contribution in [0.5, 0.6) is 0 Å². The summed E-state index contributed by atoms with van der Waals surface area (Å²) in [6.45, 7) is 8.01. The van der Waals surface area contributed by atoms with E-state index in [0.717, 1.165) is 29.7 Å². The SMILES string of the molecule is C=CCNC(=O)c1cc(C(=O)Nc2c(CC)cccc2CC)ccn1. The van der Waals surface area contributed by atoms with Crippen molar-refractivity contribution in [3.05, 3.63) is 71.6 Å². The third-order valence-electron chi connectivity index (χ3n) is 3.90. The van der Waals surface area contributed by atoms with Crippen molar-refractivity contribution in [2.45, 2.75) is 26.7 Å². The first kappa shape index (κ1) is 18.4. The fourth-order valence-corrected chi connectivity index (χ4v) is 2.54. The molecule has 130 valence electrons. The van der Waals surface area contributed by atoms with Gasteiger partial charge in [0.25, 0.3) is 11.8 Å². The highest BCUT2D eigenvalue weighted by atomic mass is 16.2. The van der Waals surface area contributed by atoms with E-state index in [1.165, 1.54) is 12.3 Å². The highest BCUT2D eigenvalue weighted by molar-refractivity contribution is 6.06. The molecule has 0 atom stereocenters. The Morgan fingerprint density at radius 1 is 1.12 bits per heavy atom. The molecule has 0 aliphatic heterocycles. The van der Waals surface area contributed by atoms with Crippen LogP contribution in [-0.4, -0.2) is 23.3 Å². The number of pyridine rings is 1. The van der Waals surface area contributed by atoms with E-state index in [1.807, 2.05) is 18.2 Å². The summed E-state index contributed by atoms with van der Waals surface area (Å²) in [7, 11) is 0. The minimum absolute atomic E-state index is 0.203. The molecule has 0 bridgehead atoms. The van der Waals surface area contributed by atoms with Gasteiger partial charge in [-0.25, -0.2) is 0 Å². The summed E-state index contributed by atoms with van der Waals surface area (Å²) in [6, 6.07) is 9.11. The van der Waals surface area contributed by atoms with Gasteiger partial charge < -0.3 is 10.6 Å². The standard InChI is InChI=1S/C20H23N3O2/c1-4-11-22-20(25)17-13-16(10-12-21-17)19(24)23-18-14(5-2)8-7-9-15(18)6-3/h4,7-10,12-13H,1,5-6,11H2,2-3H3,(H,22,25)(H,23,24). The summed E-state index contributed by atoms with van der Waals surface area (Å²) in [6.07, 6.45) is 4.70. The normalized spacial score (nSPS) is 10.2. The van der Waals surface area contributed by atoms with Gasteiger partial charge in [-0.05, 0) is 36.1 Å². The second-order valence-electron chi connectivity index (χ2n) is 5.54. The minimum atomic E-state index is -0.335. The molecule has 1 aromatic heterocycles. The van der Waals surface area contributed by atoms with Crippen molar-refractivity contribution < 1.29 is 9.59 Å². The summed E-state index contributed by atoms with van der Waals surface area (Å²) in [4.78, 5) is 28.7. The molecule has 2 aromatic rings. The number of hydrogen-bond acceptors (Lipinski definition) is 3. The molecule has 0 saturated heterocycles. The highest BCUT2D eigenvalue weighted by Gasteiger charge is 2.14. The fraction of sp³-hybridized carbons (Fsp3) is 0.250. The maximum absolute atomic E-state index is 12.7. The third-order valence-corrected chi connectivity index (χ3v) is 3.90. The Morgan fingerprint density at radius 2 is 1.80 bits per heavy atom. The Labute approximate surface area is 148 Å². The topological polar surface area (TPSA) is 71.1 Å². The molecule has 5 nitrogen and oxygen atoms in total. The summed E-state index contributed by atoms with van der Waals surface area (Å²) in [5, 5.41) is 5.64. The van der Waals surface area contributed by atoms with Gasteiger partial charge in [0, 0.05) is 24.0 Å². The molecule has 2 amide bonds. The lowest BCUT2D eigenvalue weighted by molar-refractivity contribution is 0.0953. The lowest BCUT2D eigenvalue weighted by Gasteiger charge is -2.14. The zero-order chi connectivity index (χ0) is 18.2. The van der Waals surface area contributed by atoms with Crippen LogP contribution in [0, 0.1) is 0 Å². The second-order valence-corrected chi connectivity index (χ2v) is 5.54. The van der Waals surface area contributed by atoms with E-state index in [2.05, 4.69) is 36.0 Å². The molecule has 2 N–H and O–H groups in total. The number of benzene rings is 1. The third kappa shape index (κ3) is 4.53. The van der Waals surface area contributed by atoms with Crippen molar-refractivity contribution in [1.82, 2.24) is 10.3 Å². The van der Waals surface area contributed by atoms with Gasteiger partial charge in [-0.15, -0.1) is 6.58 Å². The Hall–Kier alpha value is -2.95. The number of rotatable bonds is 7. The maximum Gasteiger partial charge on any atom is 0.270 e. The number of hydrogen-bond donors (Lipinski definition) is 2. The van der Waals surface area contributed by atoms with Crippen molar-refractivity contribution in [2.24, 2.45) is 0 Å². The maximum atomic E-state index is 12.7. The predicted octanol–water partition coefficient (Wildman–Crippen LogP) is 3.37. The van der Waals surface area contributed by atoms with Crippen molar-refractivity contribution >= 4 is 17.5 Å². The van der Waals surface area contributed by atoms with Gasteiger partial charge in [0.2, 0.25) is 0 Å². The van der Waals surface area contributed by atoms with E-state index in [9.17, 15) is 9.59 Å². The van der Waals surface area contributed by atoms with Gasteiger partial charge in [0.1, 0.15) is 5.69 Å². The fourth-order valence-electron chi connectivity index (χ4n) is 2.54. The number of nitrogens with zero attached hydrogens (tertiary/aromatic N) is 1. The molecule has 1 heterocycles. The van der Waals surface area contributed by atoms with E-state index >= 15 is 0 Å². The second kappa shape index (κ2) is 8.78. The van der Waals surface area contributed by atoms with E-state index < -0.39 is 0 Å². The largest absolute Gasteiger partial charge is 0.347 e. The van der Waals surface area contributed by atoms with Crippen LogP contribution >= 0.6 is 0 Å². The van der Waals surface area contributed by atoms with E-state index in [-0.39, 0.29) is 17.5 Å². The van der Waals surface area contributed by atoms with Gasteiger partial charge in [-0.2, -0.15) is 0 Å².